The Labute approximate surface area is 136 Å². The maximum atomic E-state index is 11.9. The van der Waals surface area contributed by atoms with Crippen molar-refractivity contribution in [2.45, 2.75) is 50.6 Å². The highest BCUT2D eigenvalue weighted by molar-refractivity contribution is 8.01. The zero-order valence-electron chi connectivity index (χ0n) is 13.4. The van der Waals surface area contributed by atoms with Crippen LogP contribution in [0.15, 0.2) is 18.2 Å². The van der Waals surface area contributed by atoms with E-state index in [1.54, 1.807) is 0 Å². The smallest absolute Gasteiger partial charge is 0.222 e. The van der Waals surface area contributed by atoms with Gasteiger partial charge in [0.2, 0.25) is 5.91 Å². The van der Waals surface area contributed by atoms with Gasteiger partial charge in [-0.1, -0.05) is 13.0 Å². The van der Waals surface area contributed by atoms with Gasteiger partial charge < -0.3 is 9.64 Å². The average Bonchev–Trinajstić information content (AvgIpc) is 2.88. The zero-order chi connectivity index (χ0) is 15.6. The lowest BCUT2D eigenvalue weighted by molar-refractivity contribution is -0.136. The van der Waals surface area contributed by atoms with Crippen LogP contribution in [0, 0.1) is 6.92 Å². The summed E-state index contributed by atoms with van der Waals surface area (Å²) in [4.78, 5) is 18.3. The lowest BCUT2D eigenvalue weighted by atomic mass is 9.92. The van der Waals surface area contributed by atoms with Crippen molar-refractivity contribution in [2.75, 3.05) is 18.8 Å². The van der Waals surface area contributed by atoms with Crippen molar-refractivity contribution in [3.8, 4) is 0 Å². The van der Waals surface area contributed by atoms with E-state index in [0.29, 0.717) is 18.9 Å². The molecule has 2 aliphatic heterocycles. The Morgan fingerprint density at radius 1 is 1.50 bits per heavy atom. The van der Waals surface area contributed by atoms with Crippen molar-refractivity contribution >= 4 is 17.7 Å². The summed E-state index contributed by atoms with van der Waals surface area (Å²) in [6.45, 7) is 6.45. The van der Waals surface area contributed by atoms with Crippen molar-refractivity contribution < 1.29 is 9.53 Å². The number of carbonyl (C=O) groups is 1. The van der Waals surface area contributed by atoms with Gasteiger partial charge in [-0.25, -0.2) is 0 Å². The van der Waals surface area contributed by atoms with Gasteiger partial charge in [0.25, 0.3) is 0 Å². The van der Waals surface area contributed by atoms with Gasteiger partial charge in [0, 0.05) is 31.0 Å². The fourth-order valence-electron chi connectivity index (χ4n) is 3.21. The molecule has 4 nitrogen and oxygen atoms in total. The number of likely N-dealkylation sites (tertiary alicyclic amines) is 1. The summed E-state index contributed by atoms with van der Waals surface area (Å²) < 4.78 is 6.29. The van der Waals surface area contributed by atoms with Crippen LogP contribution in [0.3, 0.4) is 0 Å². The molecule has 120 valence electrons. The Bertz CT molecular complexity index is 543. The summed E-state index contributed by atoms with van der Waals surface area (Å²) in [6.07, 6.45) is 2.96. The molecule has 1 spiro atoms. The van der Waals surface area contributed by atoms with Crippen molar-refractivity contribution in [1.82, 2.24) is 9.88 Å². The number of nitrogens with zero attached hydrogens (tertiary/aromatic N) is 2. The van der Waals surface area contributed by atoms with Crippen LogP contribution in [0.1, 0.15) is 37.6 Å². The first-order valence-electron chi connectivity index (χ1n) is 8.06. The van der Waals surface area contributed by atoms with Gasteiger partial charge in [-0.15, -0.1) is 11.8 Å². The number of aromatic nitrogens is 1. The van der Waals surface area contributed by atoms with Gasteiger partial charge in [-0.3, -0.25) is 9.78 Å². The third kappa shape index (κ3) is 3.46. The van der Waals surface area contributed by atoms with E-state index in [1.165, 1.54) is 0 Å². The van der Waals surface area contributed by atoms with Crippen LogP contribution >= 0.6 is 11.8 Å². The number of thioether (sulfide) groups is 1. The van der Waals surface area contributed by atoms with E-state index in [4.69, 9.17) is 4.74 Å². The molecule has 1 atom stereocenters. The number of pyridine rings is 1. The molecule has 0 radical (unpaired) electrons. The third-order valence-corrected chi connectivity index (χ3v) is 5.94. The molecule has 2 saturated heterocycles. The molecule has 0 bridgehead atoms. The van der Waals surface area contributed by atoms with Gasteiger partial charge in [0.15, 0.2) is 0 Å². The highest BCUT2D eigenvalue weighted by atomic mass is 32.2. The molecule has 0 aromatic carbocycles. The minimum Gasteiger partial charge on any atom is -0.371 e. The molecule has 3 rings (SSSR count). The van der Waals surface area contributed by atoms with Gasteiger partial charge in [0.1, 0.15) is 0 Å². The molecule has 1 aromatic rings. The molecule has 0 saturated carbocycles. The number of hydrogen-bond donors (Lipinski definition) is 0. The van der Waals surface area contributed by atoms with Crippen molar-refractivity contribution in [3.63, 3.8) is 0 Å². The van der Waals surface area contributed by atoms with Crippen molar-refractivity contribution in [1.29, 1.82) is 0 Å². The normalized spacial score (nSPS) is 22.8. The number of carbonyl (C=O) groups excluding carboxylic acids is 1. The van der Waals surface area contributed by atoms with Gasteiger partial charge in [-0.2, -0.15) is 0 Å². The van der Waals surface area contributed by atoms with Gasteiger partial charge >= 0.3 is 0 Å². The first-order chi connectivity index (χ1) is 10.6. The van der Waals surface area contributed by atoms with Crippen LogP contribution in [0.2, 0.25) is 0 Å². The van der Waals surface area contributed by atoms with E-state index >= 15 is 0 Å². The predicted molar refractivity (Wildman–Crippen MR) is 88.8 cm³/mol. The molecule has 0 unspecified atom stereocenters. The van der Waals surface area contributed by atoms with E-state index in [-0.39, 0.29) is 10.9 Å². The highest BCUT2D eigenvalue weighted by Gasteiger charge is 2.50. The number of hydrogen-bond acceptors (Lipinski definition) is 4. The minimum atomic E-state index is 0.258. The van der Waals surface area contributed by atoms with Crippen LogP contribution in [0.5, 0.6) is 0 Å². The van der Waals surface area contributed by atoms with E-state index in [1.807, 2.05) is 41.8 Å². The van der Waals surface area contributed by atoms with E-state index in [2.05, 4.69) is 11.9 Å². The number of aryl methyl sites for hydroxylation is 1. The minimum absolute atomic E-state index is 0.258. The summed E-state index contributed by atoms with van der Waals surface area (Å²) >= 11 is 1.98. The maximum Gasteiger partial charge on any atom is 0.222 e. The molecular formula is C17H24N2O2S. The summed E-state index contributed by atoms with van der Waals surface area (Å²) in [5.41, 5.74) is 2.03. The largest absolute Gasteiger partial charge is 0.371 e. The molecule has 0 aliphatic carbocycles. The lowest BCUT2D eigenvalue weighted by Gasteiger charge is -2.47. The third-order valence-electron chi connectivity index (χ3n) is 4.36. The number of amides is 1. The average molecular weight is 320 g/mol. The molecule has 2 aliphatic rings. The highest BCUT2D eigenvalue weighted by Crippen LogP contribution is 2.46. The maximum absolute atomic E-state index is 11.9. The molecule has 1 amide bonds. The quantitative estimate of drug-likeness (QED) is 0.837. The molecule has 0 N–H and O–H groups in total. The predicted octanol–water partition coefficient (Wildman–Crippen LogP) is 2.79. The van der Waals surface area contributed by atoms with E-state index in [0.717, 1.165) is 43.1 Å². The zero-order valence-corrected chi connectivity index (χ0v) is 14.2. The molecule has 22 heavy (non-hydrogen) atoms. The number of ether oxygens (including phenoxy) is 1. The summed E-state index contributed by atoms with van der Waals surface area (Å²) in [5, 5.41) is 0. The summed E-state index contributed by atoms with van der Waals surface area (Å²) in [7, 11) is 0. The van der Waals surface area contributed by atoms with Crippen LogP contribution in [-0.4, -0.2) is 45.5 Å². The lowest BCUT2D eigenvalue weighted by Crippen LogP contribution is -2.60. The molecule has 3 heterocycles. The fourth-order valence-corrected chi connectivity index (χ4v) is 4.76. The van der Waals surface area contributed by atoms with Crippen molar-refractivity contribution in [2.24, 2.45) is 0 Å². The summed E-state index contributed by atoms with van der Waals surface area (Å²) in [5.74, 6) is 1.34. The monoisotopic (exact) mass is 320 g/mol. The SMILES string of the molecule is CCCC(=O)N1CC2(C[C@@H](OCc3cccc(C)n3)CS2)C1. The standard InChI is InChI=1S/C17H24N2O2S/c1-3-5-16(20)19-11-17(12-19)8-15(10-22-17)21-9-14-7-4-6-13(2)18-14/h4,6-7,15H,3,5,8-12H2,1-2H3/t15-/m1/s1. The van der Waals surface area contributed by atoms with Crippen molar-refractivity contribution in [3.05, 3.63) is 29.6 Å². The fraction of sp³-hybridized carbons (Fsp3) is 0.647. The van der Waals surface area contributed by atoms with Gasteiger partial charge in [0.05, 0.1) is 23.2 Å². The summed E-state index contributed by atoms with van der Waals surface area (Å²) in [6, 6.07) is 6.04. The Kier molecular flexibility index (Phi) is 4.73. The molecular weight excluding hydrogens is 296 g/mol. The Balaban J connectivity index is 1.45. The molecule has 5 heteroatoms. The van der Waals surface area contributed by atoms with Crippen LogP contribution < -0.4 is 0 Å². The first-order valence-corrected chi connectivity index (χ1v) is 9.05. The van der Waals surface area contributed by atoms with E-state index < -0.39 is 0 Å². The first kappa shape index (κ1) is 15.8. The Morgan fingerprint density at radius 3 is 3.05 bits per heavy atom. The topological polar surface area (TPSA) is 42.4 Å². The molecule has 1 aromatic heterocycles. The van der Waals surface area contributed by atoms with Crippen LogP contribution in [0.25, 0.3) is 0 Å². The second kappa shape index (κ2) is 6.59. The number of rotatable bonds is 5. The Morgan fingerprint density at radius 2 is 2.32 bits per heavy atom. The van der Waals surface area contributed by atoms with E-state index in [9.17, 15) is 4.79 Å². The van der Waals surface area contributed by atoms with Crippen LogP contribution in [0.4, 0.5) is 0 Å². The molecule has 2 fully saturated rings. The van der Waals surface area contributed by atoms with Crippen LogP contribution in [-0.2, 0) is 16.1 Å². The Hall–Kier alpha value is -1.07. The second-order valence-corrected chi connectivity index (χ2v) is 7.89. The van der Waals surface area contributed by atoms with Gasteiger partial charge in [-0.05, 0) is 31.9 Å². The second-order valence-electron chi connectivity index (χ2n) is 6.40.